The molecule has 2 saturated heterocycles. The standard InChI is InChI=1S/C25H36N2O4/c1-2-5-20(4-1)17-29-22-6-3-7-23-24(22)25(26-31-23)30-18-21-8-12-27(13-9-21)16-19-10-14-28-15-11-19/h3,6-7,19-21H,1-2,4-5,8-18H2. The Hall–Kier alpha value is -1.79. The van der Waals surface area contributed by atoms with Crippen molar-refractivity contribution >= 4 is 11.0 Å². The summed E-state index contributed by atoms with van der Waals surface area (Å²) in [7, 11) is 0. The molecule has 0 radical (unpaired) electrons. The number of aromatic nitrogens is 1. The molecule has 0 amide bonds. The fourth-order valence-corrected chi connectivity index (χ4v) is 5.36. The summed E-state index contributed by atoms with van der Waals surface area (Å²) >= 11 is 0. The highest BCUT2D eigenvalue weighted by Crippen LogP contribution is 2.35. The van der Waals surface area contributed by atoms with Crippen LogP contribution < -0.4 is 9.47 Å². The monoisotopic (exact) mass is 428 g/mol. The minimum atomic E-state index is 0.573. The van der Waals surface area contributed by atoms with Gasteiger partial charge in [-0.25, -0.2) is 0 Å². The molecule has 2 aliphatic heterocycles. The first-order valence-corrected chi connectivity index (χ1v) is 12.3. The van der Waals surface area contributed by atoms with Gasteiger partial charge in [0, 0.05) is 19.8 Å². The molecular formula is C25H36N2O4. The number of hydrogen-bond acceptors (Lipinski definition) is 6. The molecule has 0 spiro atoms. The van der Waals surface area contributed by atoms with Crippen molar-refractivity contribution in [2.24, 2.45) is 17.8 Å². The summed E-state index contributed by atoms with van der Waals surface area (Å²) in [5.41, 5.74) is 0.741. The Bertz CT molecular complexity index is 818. The van der Waals surface area contributed by atoms with Crippen LogP contribution in [-0.2, 0) is 4.74 Å². The molecule has 6 nitrogen and oxygen atoms in total. The van der Waals surface area contributed by atoms with E-state index >= 15 is 0 Å². The molecule has 31 heavy (non-hydrogen) atoms. The van der Waals surface area contributed by atoms with E-state index in [0.717, 1.165) is 42.5 Å². The van der Waals surface area contributed by atoms with Gasteiger partial charge in [-0.1, -0.05) is 18.9 Å². The smallest absolute Gasteiger partial charge is 0.265 e. The Morgan fingerprint density at radius 3 is 2.42 bits per heavy atom. The van der Waals surface area contributed by atoms with E-state index < -0.39 is 0 Å². The number of hydrogen-bond donors (Lipinski definition) is 0. The second-order valence-electron chi connectivity index (χ2n) is 9.69. The first-order valence-electron chi connectivity index (χ1n) is 12.3. The van der Waals surface area contributed by atoms with Gasteiger partial charge in [-0.05, 0) is 86.7 Å². The maximum Gasteiger partial charge on any atom is 0.265 e. The molecule has 5 rings (SSSR count). The first-order chi connectivity index (χ1) is 15.3. The van der Waals surface area contributed by atoms with Crippen LogP contribution in [0.5, 0.6) is 11.6 Å². The number of ether oxygens (including phenoxy) is 3. The summed E-state index contributed by atoms with van der Waals surface area (Å²) in [5, 5.41) is 5.10. The predicted octanol–water partition coefficient (Wildman–Crippen LogP) is 4.91. The third kappa shape index (κ3) is 5.35. The van der Waals surface area contributed by atoms with Crippen molar-refractivity contribution in [3.63, 3.8) is 0 Å². The van der Waals surface area contributed by atoms with Crippen molar-refractivity contribution in [1.82, 2.24) is 10.1 Å². The molecule has 6 heteroatoms. The van der Waals surface area contributed by atoms with Crippen LogP contribution in [0.2, 0.25) is 0 Å². The zero-order chi connectivity index (χ0) is 20.9. The van der Waals surface area contributed by atoms with Crippen LogP contribution in [0.1, 0.15) is 51.4 Å². The van der Waals surface area contributed by atoms with Gasteiger partial charge in [0.1, 0.15) is 11.1 Å². The van der Waals surface area contributed by atoms with Gasteiger partial charge in [-0.2, -0.15) is 0 Å². The van der Waals surface area contributed by atoms with Gasteiger partial charge in [-0.15, -0.1) is 0 Å². The minimum Gasteiger partial charge on any atom is -0.492 e. The van der Waals surface area contributed by atoms with Crippen molar-refractivity contribution in [3.8, 4) is 11.6 Å². The number of likely N-dealkylation sites (tertiary alicyclic amines) is 1. The molecule has 3 aliphatic rings. The molecule has 1 aromatic carbocycles. The van der Waals surface area contributed by atoms with Crippen molar-refractivity contribution in [2.45, 2.75) is 51.4 Å². The van der Waals surface area contributed by atoms with Crippen LogP contribution in [0.15, 0.2) is 22.7 Å². The quantitative estimate of drug-likeness (QED) is 0.595. The van der Waals surface area contributed by atoms with Crippen LogP contribution >= 0.6 is 0 Å². The first kappa shape index (κ1) is 21.1. The molecule has 170 valence electrons. The van der Waals surface area contributed by atoms with Gasteiger partial charge in [0.25, 0.3) is 5.88 Å². The third-order valence-corrected chi connectivity index (χ3v) is 7.40. The van der Waals surface area contributed by atoms with Crippen LogP contribution in [-0.4, -0.2) is 56.1 Å². The topological polar surface area (TPSA) is 57.0 Å². The van der Waals surface area contributed by atoms with E-state index in [1.807, 2.05) is 18.2 Å². The molecule has 1 aliphatic carbocycles. The van der Waals surface area contributed by atoms with Gasteiger partial charge >= 0.3 is 0 Å². The third-order valence-electron chi connectivity index (χ3n) is 7.40. The number of benzene rings is 1. The lowest BCUT2D eigenvalue weighted by Gasteiger charge is -2.35. The van der Waals surface area contributed by atoms with Crippen LogP contribution in [0.3, 0.4) is 0 Å². The minimum absolute atomic E-state index is 0.573. The molecule has 3 heterocycles. The van der Waals surface area contributed by atoms with Gasteiger partial charge in [-0.3, -0.25) is 0 Å². The summed E-state index contributed by atoms with van der Waals surface area (Å²) in [6.07, 6.45) is 10.0. The molecule has 1 saturated carbocycles. The number of nitrogens with zero attached hydrogens (tertiary/aromatic N) is 2. The van der Waals surface area contributed by atoms with Gasteiger partial charge in [0.15, 0.2) is 5.58 Å². The molecule has 2 aromatic rings. The van der Waals surface area contributed by atoms with Gasteiger partial charge < -0.3 is 23.6 Å². The number of piperidine rings is 1. The van der Waals surface area contributed by atoms with E-state index in [0.29, 0.717) is 24.3 Å². The maximum absolute atomic E-state index is 6.18. The Morgan fingerprint density at radius 1 is 0.871 bits per heavy atom. The Labute approximate surface area is 185 Å². The summed E-state index contributed by atoms with van der Waals surface area (Å²) < 4.78 is 23.4. The zero-order valence-corrected chi connectivity index (χ0v) is 18.6. The highest BCUT2D eigenvalue weighted by atomic mass is 16.5. The Balaban J connectivity index is 1.13. The Morgan fingerprint density at radius 2 is 1.61 bits per heavy atom. The SMILES string of the molecule is c1cc(OCC2CCCC2)c2c(OCC3CCN(CC4CCOCC4)CC3)noc2c1. The maximum atomic E-state index is 6.18. The molecular weight excluding hydrogens is 392 g/mol. The highest BCUT2D eigenvalue weighted by Gasteiger charge is 2.25. The normalized spacial score (nSPS) is 22.3. The number of fused-ring (bicyclic) bond motifs is 1. The van der Waals surface area contributed by atoms with Crippen molar-refractivity contribution in [1.29, 1.82) is 0 Å². The van der Waals surface area contributed by atoms with Crippen molar-refractivity contribution in [2.75, 3.05) is 46.1 Å². The summed E-state index contributed by atoms with van der Waals surface area (Å²) in [6.45, 7) is 6.91. The van der Waals surface area contributed by atoms with Crippen LogP contribution in [0.4, 0.5) is 0 Å². The lowest BCUT2D eigenvalue weighted by Crippen LogP contribution is -2.39. The van der Waals surface area contributed by atoms with Crippen molar-refractivity contribution < 1.29 is 18.7 Å². The summed E-state index contributed by atoms with van der Waals surface area (Å²) in [4.78, 5) is 2.63. The van der Waals surface area contributed by atoms with E-state index in [-0.39, 0.29) is 0 Å². The largest absolute Gasteiger partial charge is 0.492 e. The summed E-state index contributed by atoms with van der Waals surface area (Å²) in [6, 6.07) is 5.91. The van der Waals surface area contributed by atoms with E-state index in [9.17, 15) is 0 Å². The molecule has 0 bridgehead atoms. The van der Waals surface area contributed by atoms with E-state index in [1.54, 1.807) is 0 Å². The van der Waals surface area contributed by atoms with E-state index in [2.05, 4.69) is 10.1 Å². The van der Waals surface area contributed by atoms with Crippen molar-refractivity contribution in [3.05, 3.63) is 18.2 Å². The second-order valence-corrected chi connectivity index (χ2v) is 9.69. The fourth-order valence-electron chi connectivity index (χ4n) is 5.36. The van der Waals surface area contributed by atoms with Gasteiger partial charge in [0.05, 0.1) is 13.2 Å². The van der Waals surface area contributed by atoms with E-state index in [4.69, 9.17) is 18.7 Å². The van der Waals surface area contributed by atoms with Crippen LogP contribution in [0, 0.1) is 17.8 Å². The number of rotatable bonds is 8. The molecule has 0 N–H and O–H groups in total. The Kier molecular flexibility index (Phi) is 6.95. The second kappa shape index (κ2) is 10.2. The molecule has 0 atom stereocenters. The average molecular weight is 429 g/mol. The van der Waals surface area contributed by atoms with E-state index in [1.165, 1.54) is 71.0 Å². The van der Waals surface area contributed by atoms with Crippen LogP contribution in [0.25, 0.3) is 11.0 Å². The molecule has 1 aromatic heterocycles. The highest BCUT2D eigenvalue weighted by molar-refractivity contribution is 5.88. The lowest BCUT2D eigenvalue weighted by molar-refractivity contribution is 0.0444. The average Bonchev–Trinajstić information content (AvgIpc) is 3.48. The molecule has 0 unspecified atom stereocenters. The summed E-state index contributed by atoms with van der Waals surface area (Å²) in [5.74, 6) is 3.48. The predicted molar refractivity (Wildman–Crippen MR) is 120 cm³/mol. The fraction of sp³-hybridized carbons (Fsp3) is 0.720. The molecule has 3 fully saturated rings. The van der Waals surface area contributed by atoms with Gasteiger partial charge in [0.2, 0.25) is 0 Å². The lowest BCUT2D eigenvalue weighted by atomic mass is 9.94. The zero-order valence-electron chi connectivity index (χ0n) is 18.6.